The Morgan fingerprint density at radius 3 is 3.18 bits per heavy atom. The Labute approximate surface area is 101 Å². The lowest BCUT2D eigenvalue weighted by atomic mass is 10.00. The number of carbonyl (C=O) groups is 2. The van der Waals surface area contributed by atoms with Crippen molar-refractivity contribution in [3.05, 3.63) is 23.4 Å². The molecule has 0 radical (unpaired) electrons. The quantitative estimate of drug-likeness (QED) is 0.391. The molecule has 1 fully saturated rings. The normalized spacial score (nSPS) is 33.5. The van der Waals surface area contributed by atoms with Crippen molar-refractivity contribution in [1.82, 2.24) is 10.3 Å². The number of rotatable bonds is 1. The highest BCUT2D eigenvalue weighted by Crippen LogP contribution is 2.28. The van der Waals surface area contributed by atoms with Gasteiger partial charge < -0.3 is 15.7 Å². The van der Waals surface area contributed by atoms with Gasteiger partial charge in [0.25, 0.3) is 0 Å². The van der Waals surface area contributed by atoms with Crippen LogP contribution in [-0.2, 0) is 4.79 Å². The van der Waals surface area contributed by atoms with E-state index in [9.17, 15) is 14.7 Å². The summed E-state index contributed by atoms with van der Waals surface area (Å²) in [6, 6.07) is -2.03. The molecule has 0 spiro atoms. The van der Waals surface area contributed by atoms with Gasteiger partial charge in [0.05, 0.1) is 10.2 Å². The molecule has 2 rings (SSSR count). The number of ketones is 1. The highest BCUT2D eigenvalue weighted by Gasteiger charge is 2.32. The van der Waals surface area contributed by atoms with Gasteiger partial charge in [-0.15, -0.1) is 0 Å². The topological polar surface area (TPSA) is 108 Å². The third-order valence-electron chi connectivity index (χ3n) is 2.26. The summed E-state index contributed by atoms with van der Waals surface area (Å²) in [6.07, 6.45) is -2.12. The Morgan fingerprint density at radius 1 is 1.82 bits per heavy atom. The van der Waals surface area contributed by atoms with Crippen molar-refractivity contribution in [2.24, 2.45) is 10.8 Å². The van der Waals surface area contributed by atoms with Crippen LogP contribution in [0.15, 0.2) is 28.5 Å². The molecule has 90 valence electrons. The van der Waals surface area contributed by atoms with Crippen LogP contribution in [0.1, 0.15) is 4.11 Å². The molecule has 0 aromatic carbocycles. The first-order valence-electron chi connectivity index (χ1n) is 6.21. The zero-order valence-corrected chi connectivity index (χ0v) is 8.94. The predicted octanol–water partition coefficient (Wildman–Crippen LogP) is -1.29. The summed E-state index contributed by atoms with van der Waals surface area (Å²) in [5, 5.41) is 13.4. The van der Waals surface area contributed by atoms with Crippen LogP contribution >= 0.6 is 0 Å². The average Bonchev–Trinajstić information content (AvgIpc) is 2.55. The van der Waals surface area contributed by atoms with Crippen LogP contribution in [0.4, 0.5) is 4.79 Å². The number of nitrogens with zero attached hydrogens (tertiary/aromatic N) is 2. The zero-order chi connectivity index (χ0) is 15.2. The molecule has 0 aromatic heterocycles. The van der Waals surface area contributed by atoms with Crippen molar-refractivity contribution < 1.29 is 18.8 Å². The Morgan fingerprint density at radius 2 is 2.53 bits per heavy atom. The highest BCUT2D eigenvalue weighted by molar-refractivity contribution is 6.49. The van der Waals surface area contributed by atoms with Crippen LogP contribution in [0.3, 0.4) is 0 Å². The molecule has 1 aliphatic heterocycles. The zero-order valence-electron chi connectivity index (χ0n) is 11.9. The number of allylic oxidation sites excluding steroid dienone is 2. The van der Waals surface area contributed by atoms with Crippen molar-refractivity contribution in [1.29, 1.82) is 0 Å². The van der Waals surface area contributed by atoms with E-state index < -0.39 is 35.7 Å². The second-order valence-corrected chi connectivity index (χ2v) is 3.54. The summed E-state index contributed by atoms with van der Waals surface area (Å²) in [6.45, 7) is -0.174. The molecule has 0 aromatic rings. The summed E-state index contributed by atoms with van der Waals surface area (Å²) < 4.78 is 23.4. The van der Waals surface area contributed by atoms with Crippen LogP contribution in [-0.4, -0.2) is 47.2 Å². The van der Waals surface area contributed by atoms with E-state index in [4.69, 9.17) is 9.85 Å². The van der Waals surface area contributed by atoms with E-state index in [0.29, 0.717) is 0 Å². The molecule has 1 aliphatic carbocycles. The fourth-order valence-electron chi connectivity index (χ4n) is 1.53. The first-order chi connectivity index (χ1) is 9.16. The lowest BCUT2D eigenvalue weighted by molar-refractivity contribution is -0.108. The Bertz CT molecular complexity index is 609. The number of hydrazone groups is 1. The number of fused-ring (bicyclic) bond motifs is 1. The fourth-order valence-corrected chi connectivity index (χ4v) is 1.53. The number of likely N-dealkylation sites (tertiary alicyclic amines) is 1. The maximum absolute atomic E-state index is 12.0. The van der Waals surface area contributed by atoms with E-state index in [1.54, 1.807) is 5.43 Å². The third-order valence-corrected chi connectivity index (χ3v) is 2.26. The first-order valence-corrected chi connectivity index (χ1v) is 4.71. The van der Waals surface area contributed by atoms with Gasteiger partial charge in [0, 0.05) is 30.9 Å². The largest absolute Gasteiger partial charge is 0.386 e. The van der Waals surface area contributed by atoms with Crippen molar-refractivity contribution >= 4 is 17.5 Å². The van der Waals surface area contributed by atoms with Crippen LogP contribution in [0, 0.1) is 0 Å². The smallest absolute Gasteiger partial charge is 0.332 e. The standard InChI is InChI=1S/C10H12N4O3/c1-14-4-9(16)5-2-6(12-13-10(11)17)8(15)3-7(5)14/h2-3,9,16H,4H2,1H3,(H3,11,13,17)/b12-6-/i2D,3D,9D. The third kappa shape index (κ3) is 2.04. The van der Waals surface area contributed by atoms with Gasteiger partial charge in [-0.3, -0.25) is 4.79 Å². The van der Waals surface area contributed by atoms with Gasteiger partial charge >= 0.3 is 6.03 Å². The van der Waals surface area contributed by atoms with E-state index in [0.717, 1.165) is 0 Å². The van der Waals surface area contributed by atoms with Crippen molar-refractivity contribution in [3.63, 3.8) is 0 Å². The van der Waals surface area contributed by atoms with Crippen LogP contribution < -0.4 is 11.2 Å². The molecule has 0 bridgehead atoms. The molecule has 7 nitrogen and oxygen atoms in total. The lowest BCUT2D eigenvalue weighted by Crippen LogP contribution is -2.28. The molecule has 17 heavy (non-hydrogen) atoms. The molecule has 2 amide bonds. The van der Waals surface area contributed by atoms with Gasteiger partial charge in [0.1, 0.15) is 5.71 Å². The number of nitrogens with one attached hydrogen (secondary N) is 1. The average molecular weight is 239 g/mol. The number of carbonyl (C=O) groups excluding carboxylic acids is 2. The maximum Gasteiger partial charge on any atom is 0.332 e. The summed E-state index contributed by atoms with van der Waals surface area (Å²) in [5.41, 5.74) is 5.93. The Kier molecular flexibility index (Phi) is 1.90. The summed E-state index contributed by atoms with van der Waals surface area (Å²) in [4.78, 5) is 23.9. The minimum atomic E-state index is -2.12. The number of hydrogen-bond acceptors (Lipinski definition) is 5. The minimum Gasteiger partial charge on any atom is -0.386 e. The number of hydrogen-bond donors (Lipinski definition) is 3. The minimum absolute atomic E-state index is 0.0236. The fraction of sp³-hybridized carbons (Fsp3) is 0.300. The van der Waals surface area contributed by atoms with E-state index in [2.05, 4.69) is 5.10 Å². The second kappa shape index (κ2) is 4.02. The van der Waals surface area contributed by atoms with E-state index >= 15 is 0 Å². The maximum atomic E-state index is 12.0. The van der Waals surface area contributed by atoms with Gasteiger partial charge in [-0.05, 0) is 6.05 Å². The molecule has 4 N–H and O–H groups in total. The molecule has 1 heterocycles. The number of amides is 2. The van der Waals surface area contributed by atoms with Crippen LogP contribution in [0.25, 0.3) is 0 Å². The number of aliphatic hydroxyl groups is 1. The van der Waals surface area contributed by atoms with Crippen LogP contribution in [0.2, 0.25) is 0 Å². The molecule has 1 saturated heterocycles. The molecule has 7 heteroatoms. The number of urea groups is 1. The SMILES string of the molecule is [2H]C1=C2C(=C([2H])/C(=N/NC(N)=O)C1=O)C([2H])(O)CN2C. The van der Waals surface area contributed by atoms with Crippen molar-refractivity contribution in [3.8, 4) is 0 Å². The van der Waals surface area contributed by atoms with Gasteiger partial charge in [0.15, 0.2) is 0 Å². The predicted molar refractivity (Wildman–Crippen MR) is 60.0 cm³/mol. The van der Waals surface area contributed by atoms with Gasteiger partial charge in [-0.1, -0.05) is 0 Å². The molecular weight excluding hydrogens is 224 g/mol. The van der Waals surface area contributed by atoms with Crippen molar-refractivity contribution in [2.75, 3.05) is 13.6 Å². The Balaban J connectivity index is 2.62. The Hall–Kier alpha value is -2.15. The molecule has 0 saturated carbocycles. The molecule has 1 atom stereocenters. The van der Waals surface area contributed by atoms with Gasteiger partial charge in [-0.25, -0.2) is 10.2 Å². The first kappa shape index (κ1) is 8.02. The van der Waals surface area contributed by atoms with Gasteiger partial charge in [-0.2, -0.15) is 5.10 Å². The lowest BCUT2D eigenvalue weighted by Gasteiger charge is -2.15. The highest BCUT2D eigenvalue weighted by atomic mass is 16.3. The number of primary amides is 1. The molecular formula is C10H12N4O3. The second-order valence-electron chi connectivity index (χ2n) is 3.54. The summed E-state index contributed by atoms with van der Waals surface area (Å²) >= 11 is 0. The number of nitrogens with two attached hydrogens (primary N) is 1. The summed E-state index contributed by atoms with van der Waals surface area (Å²) in [7, 11) is 1.50. The number of β-amino-alcohol motifs (C(OH)–C–C–N with tert-alkyl or cyclic N) is 1. The van der Waals surface area contributed by atoms with Crippen LogP contribution in [0.5, 0.6) is 0 Å². The van der Waals surface area contributed by atoms with E-state index in [-0.39, 0.29) is 17.8 Å². The molecule has 1 unspecified atom stereocenters. The van der Waals surface area contributed by atoms with E-state index in [1.165, 1.54) is 11.9 Å². The van der Waals surface area contributed by atoms with Crippen molar-refractivity contribution in [2.45, 2.75) is 6.08 Å². The number of likely N-dealkylation sites (N-methyl/N-ethyl adjacent to an activating group) is 1. The molecule has 2 aliphatic rings. The van der Waals surface area contributed by atoms with E-state index in [1.807, 2.05) is 0 Å². The summed E-state index contributed by atoms with van der Waals surface area (Å²) in [5.74, 6) is -0.882. The van der Waals surface area contributed by atoms with Gasteiger partial charge in [0.2, 0.25) is 5.78 Å². The monoisotopic (exact) mass is 239 g/mol.